The molecule has 1 aliphatic carbocycles. The molecule has 2 aromatic heterocycles. The smallest absolute Gasteiger partial charge is 0.233 e. The fourth-order valence-electron chi connectivity index (χ4n) is 3.21. The number of hydrogen-bond donors (Lipinski definition) is 1. The Labute approximate surface area is 164 Å². The number of aromatic nitrogens is 4. The fourth-order valence-corrected chi connectivity index (χ4v) is 4.15. The van der Waals surface area contributed by atoms with Gasteiger partial charge in [-0.3, -0.25) is 9.78 Å². The van der Waals surface area contributed by atoms with Gasteiger partial charge in [-0.15, -0.1) is 10.2 Å². The zero-order valence-electron chi connectivity index (χ0n) is 16.0. The topological polar surface area (TPSA) is 72.7 Å². The first-order valence-corrected chi connectivity index (χ1v) is 10.5. The summed E-state index contributed by atoms with van der Waals surface area (Å²) in [7, 11) is 0. The van der Waals surface area contributed by atoms with Gasteiger partial charge in [-0.2, -0.15) is 0 Å². The number of carbonyl (C=O) groups excluding carboxylic acids is 1. The van der Waals surface area contributed by atoms with Gasteiger partial charge in [0.15, 0.2) is 11.0 Å². The van der Waals surface area contributed by atoms with Crippen LogP contribution in [0.5, 0.6) is 0 Å². The van der Waals surface area contributed by atoms with E-state index in [1.54, 1.807) is 12.4 Å². The van der Waals surface area contributed by atoms with E-state index < -0.39 is 0 Å². The minimum absolute atomic E-state index is 0.0486. The summed E-state index contributed by atoms with van der Waals surface area (Å²) in [6.45, 7) is 5.43. The Kier molecular flexibility index (Phi) is 7.04. The number of nitrogens with zero attached hydrogens (tertiary/aromatic N) is 4. The highest BCUT2D eigenvalue weighted by Gasteiger charge is 2.20. The largest absolute Gasteiger partial charge is 0.355 e. The summed E-state index contributed by atoms with van der Waals surface area (Å²) in [6, 6.07) is 3.83. The molecule has 6 nitrogen and oxygen atoms in total. The van der Waals surface area contributed by atoms with Crippen molar-refractivity contribution in [3.05, 3.63) is 36.2 Å². The molecule has 3 rings (SSSR count). The summed E-state index contributed by atoms with van der Waals surface area (Å²) in [5.41, 5.74) is 2.46. The molecule has 0 spiro atoms. The molecule has 0 aliphatic heterocycles. The second-order valence-corrected chi connectivity index (χ2v) is 8.00. The van der Waals surface area contributed by atoms with E-state index in [-0.39, 0.29) is 11.2 Å². The van der Waals surface area contributed by atoms with Gasteiger partial charge in [0.2, 0.25) is 5.91 Å². The lowest BCUT2D eigenvalue weighted by molar-refractivity contribution is -0.120. The van der Waals surface area contributed by atoms with Gasteiger partial charge in [0.05, 0.1) is 5.25 Å². The molecule has 0 saturated carbocycles. The van der Waals surface area contributed by atoms with Gasteiger partial charge in [-0.1, -0.05) is 23.4 Å². The molecule has 2 heterocycles. The second-order valence-electron chi connectivity index (χ2n) is 6.70. The van der Waals surface area contributed by atoms with Crippen LogP contribution in [0.1, 0.15) is 46.0 Å². The van der Waals surface area contributed by atoms with Crippen LogP contribution in [-0.2, 0) is 11.3 Å². The predicted molar refractivity (Wildman–Crippen MR) is 108 cm³/mol. The van der Waals surface area contributed by atoms with E-state index in [0.29, 0.717) is 6.54 Å². The van der Waals surface area contributed by atoms with Gasteiger partial charge in [-0.25, -0.2) is 0 Å². The fraction of sp³-hybridized carbons (Fsp3) is 0.500. The highest BCUT2D eigenvalue weighted by molar-refractivity contribution is 8.00. The number of amides is 1. The van der Waals surface area contributed by atoms with E-state index in [4.69, 9.17) is 0 Å². The van der Waals surface area contributed by atoms with Crippen LogP contribution in [-0.4, -0.2) is 37.5 Å². The highest BCUT2D eigenvalue weighted by Crippen LogP contribution is 2.26. The second kappa shape index (κ2) is 9.69. The molecule has 144 valence electrons. The molecule has 0 unspecified atom stereocenters. The molecule has 7 heteroatoms. The van der Waals surface area contributed by atoms with Gasteiger partial charge >= 0.3 is 0 Å². The molecule has 0 bridgehead atoms. The standard InChI is InChI=1S/C20H27N5OS/c1-3-25-18(17-10-12-21-13-11-17)23-24-20(25)27-15(2)19(26)22-14-9-16-7-5-4-6-8-16/h7,10-13,15H,3-6,8-9,14H2,1-2H3,(H,22,26)/t15-/m1/s1. The molecule has 2 aromatic rings. The number of nitrogens with one attached hydrogen (secondary N) is 1. The Hall–Kier alpha value is -2.15. The average Bonchev–Trinajstić information content (AvgIpc) is 3.11. The molecular formula is C20H27N5OS. The van der Waals surface area contributed by atoms with Crippen molar-refractivity contribution in [1.29, 1.82) is 0 Å². The van der Waals surface area contributed by atoms with Crippen molar-refractivity contribution in [3.63, 3.8) is 0 Å². The van der Waals surface area contributed by atoms with Crippen LogP contribution in [0.15, 0.2) is 41.3 Å². The summed E-state index contributed by atoms with van der Waals surface area (Å²) >= 11 is 1.45. The summed E-state index contributed by atoms with van der Waals surface area (Å²) in [6.07, 6.45) is 11.7. The first-order valence-electron chi connectivity index (χ1n) is 9.65. The van der Waals surface area contributed by atoms with Gasteiger partial charge in [0.1, 0.15) is 0 Å². The number of rotatable bonds is 8. The van der Waals surface area contributed by atoms with E-state index in [0.717, 1.165) is 29.5 Å². The van der Waals surface area contributed by atoms with Crippen LogP contribution >= 0.6 is 11.8 Å². The quantitative estimate of drug-likeness (QED) is 0.552. The molecule has 0 radical (unpaired) electrons. The van der Waals surface area contributed by atoms with E-state index in [1.165, 1.54) is 43.0 Å². The Morgan fingerprint density at radius 2 is 2.11 bits per heavy atom. The number of thioether (sulfide) groups is 1. The minimum atomic E-state index is -0.217. The third-order valence-corrected chi connectivity index (χ3v) is 5.83. The Morgan fingerprint density at radius 3 is 2.81 bits per heavy atom. The van der Waals surface area contributed by atoms with Gasteiger partial charge < -0.3 is 9.88 Å². The molecule has 0 fully saturated rings. The highest BCUT2D eigenvalue weighted by atomic mass is 32.2. The normalized spacial score (nSPS) is 15.3. The Balaban J connectivity index is 1.57. The summed E-state index contributed by atoms with van der Waals surface area (Å²) < 4.78 is 2.04. The lowest BCUT2D eigenvalue weighted by Crippen LogP contribution is -2.32. The van der Waals surface area contributed by atoms with Crippen molar-refractivity contribution in [1.82, 2.24) is 25.1 Å². The van der Waals surface area contributed by atoms with E-state index in [1.807, 2.05) is 23.6 Å². The van der Waals surface area contributed by atoms with Crippen LogP contribution in [0.2, 0.25) is 0 Å². The number of carbonyl (C=O) groups is 1. The lowest BCUT2D eigenvalue weighted by atomic mass is 9.97. The molecule has 1 atom stereocenters. The van der Waals surface area contributed by atoms with Crippen molar-refractivity contribution < 1.29 is 4.79 Å². The average molecular weight is 386 g/mol. The van der Waals surface area contributed by atoms with E-state index in [2.05, 4.69) is 33.5 Å². The summed E-state index contributed by atoms with van der Waals surface area (Å²) in [4.78, 5) is 16.5. The van der Waals surface area contributed by atoms with Crippen molar-refractivity contribution in [3.8, 4) is 11.4 Å². The maximum Gasteiger partial charge on any atom is 0.233 e. The third-order valence-electron chi connectivity index (χ3n) is 4.75. The van der Waals surface area contributed by atoms with Crippen LogP contribution < -0.4 is 5.32 Å². The molecule has 1 N–H and O–H groups in total. The maximum absolute atomic E-state index is 12.4. The van der Waals surface area contributed by atoms with E-state index >= 15 is 0 Å². The third kappa shape index (κ3) is 5.19. The first-order chi connectivity index (χ1) is 13.2. The van der Waals surface area contributed by atoms with Crippen LogP contribution in [0.3, 0.4) is 0 Å². The summed E-state index contributed by atoms with van der Waals surface area (Å²) in [5, 5.41) is 12.2. The Morgan fingerprint density at radius 1 is 1.30 bits per heavy atom. The molecule has 0 saturated heterocycles. The minimum Gasteiger partial charge on any atom is -0.355 e. The summed E-state index contributed by atoms with van der Waals surface area (Å²) in [5.74, 6) is 0.853. The van der Waals surface area contributed by atoms with Crippen molar-refractivity contribution >= 4 is 17.7 Å². The van der Waals surface area contributed by atoms with Crippen molar-refractivity contribution in [2.45, 2.75) is 62.9 Å². The number of hydrogen-bond acceptors (Lipinski definition) is 5. The molecule has 1 amide bonds. The van der Waals surface area contributed by atoms with Gasteiger partial charge in [0.25, 0.3) is 0 Å². The first kappa shape index (κ1) is 19.6. The van der Waals surface area contributed by atoms with Gasteiger partial charge in [-0.05, 0) is 58.1 Å². The zero-order chi connectivity index (χ0) is 19.1. The van der Waals surface area contributed by atoms with Crippen molar-refractivity contribution in [2.24, 2.45) is 0 Å². The Bertz CT molecular complexity index is 787. The van der Waals surface area contributed by atoms with Gasteiger partial charge in [0, 0.05) is 31.0 Å². The predicted octanol–water partition coefficient (Wildman–Crippen LogP) is 3.85. The number of allylic oxidation sites excluding steroid dienone is 1. The lowest BCUT2D eigenvalue weighted by Gasteiger charge is -2.15. The monoisotopic (exact) mass is 385 g/mol. The zero-order valence-corrected chi connectivity index (χ0v) is 16.8. The van der Waals surface area contributed by atoms with Crippen LogP contribution in [0, 0.1) is 0 Å². The molecule has 0 aromatic carbocycles. The van der Waals surface area contributed by atoms with Crippen LogP contribution in [0.4, 0.5) is 0 Å². The van der Waals surface area contributed by atoms with Crippen LogP contribution in [0.25, 0.3) is 11.4 Å². The van der Waals surface area contributed by atoms with Crippen molar-refractivity contribution in [2.75, 3.05) is 6.54 Å². The maximum atomic E-state index is 12.4. The molecular weight excluding hydrogens is 358 g/mol. The number of pyridine rings is 1. The van der Waals surface area contributed by atoms with E-state index in [9.17, 15) is 4.79 Å². The molecule has 1 aliphatic rings. The SMILES string of the molecule is CCn1c(S[C@H](C)C(=O)NCCC2=CCCCC2)nnc1-c1ccncc1. The molecule has 27 heavy (non-hydrogen) atoms.